The maximum Gasteiger partial charge on any atom is 0.315 e. The Labute approximate surface area is 142 Å². The van der Waals surface area contributed by atoms with Gasteiger partial charge in [-0.1, -0.05) is 34.1 Å². The van der Waals surface area contributed by atoms with Crippen molar-refractivity contribution in [2.45, 2.75) is 13.0 Å². The van der Waals surface area contributed by atoms with Gasteiger partial charge in [0.2, 0.25) is 5.91 Å². The van der Waals surface area contributed by atoms with Gasteiger partial charge >= 0.3 is 6.03 Å². The van der Waals surface area contributed by atoms with Crippen molar-refractivity contribution in [2.75, 3.05) is 13.1 Å². The van der Waals surface area contributed by atoms with Gasteiger partial charge in [-0.25, -0.2) is 4.79 Å². The van der Waals surface area contributed by atoms with Crippen molar-refractivity contribution in [3.63, 3.8) is 0 Å². The fraction of sp³-hybridized carbons (Fsp3) is 0.250. The van der Waals surface area contributed by atoms with E-state index in [9.17, 15) is 9.59 Å². The highest BCUT2D eigenvalue weighted by molar-refractivity contribution is 9.10. The Morgan fingerprint density at radius 3 is 2.61 bits per heavy atom. The normalized spacial score (nSPS) is 10.1. The highest BCUT2D eigenvalue weighted by Gasteiger charge is 2.06. The molecule has 0 bridgehead atoms. The van der Waals surface area contributed by atoms with Gasteiger partial charge in [0.1, 0.15) is 5.76 Å². The molecular weight excluding hydrogens is 362 g/mol. The Morgan fingerprint density at radius 1 is 1.04 bits per heavy atom. The number of furan rings is 1. The van der Waals surface area contributed by atoms with Crippen LogP contribution in [0.4, 0.5) is 4.79 Å². The molecule has 0 radical (unpaired) electrons. The molecule has 3 N–H and O–H groups in total. The van der Waals surface area contributed by atoms with Gasteiger partial charge in [-0.05, 0) is 30.2 Å². The van der Waals surface area contributed by atoms with E-state index in [-0.39, 0.29) is 18.5 Å². The van der Waals surface area contributed by atoms with E-state index in [2.05, 4.69) is 31.9 Å². The minimum absolute atomic E-state index is 0.0818. The van der Waals surface area contributed by atoms with Crippen molar-refractivity contribution in [2.24, 2.45) is 0 Å². The Kier molecular flexibility index (Phi) is 6.68. The highest BCUT2D eigenvalue weighted by atomic mass is 79.9. The van der Waals surface area contributed by atoms with Crippen molar-refractivity contribution < 1.29 is 14.0 Å². The molecule has 0 saturated carbocycles. The summed E-state index contributed by atoms with van der Waals surface area (Å²) in [6, 6.07) is 11.0. The van der Waals surface area contributed by atoms with Gasteiger partial charge in [0.15, 0.2) is 0 Å². The molecule has 0 aliphatic heterocycles. The van der Waals surface area contributed by atoms with Crippen LogP contribution in [0.25, 0.3) is 0 Å². The molecule has 6 nitrogen and oxygen atoms in total. The maximum absolute atomic E-state index is 11.6. The summed E-state index contributed by atoms with van der Waals surface area (Å²) in [5.41, 5.74) is 1.11. The second-order valence-electron chi connectivity index (χ2n) is 4.81. The van der Waals surface area contributed by atoms with Crippen molar-refractivity contribution in [3.05, 3.63) is 58.5 Å². The minimum Gasteiger partial charge on any atom is -0.467 e. The summed E-state index contributed by atoms with van der Waals surface area (Å²) < 4.78 is 6.11. The molecule has 0 spiro atoms. The van der Waals surface area contributed by atoms with Crippen LogP contribution in [0.15, 0.2) is 51.6 Å². The largest absolute Gasteiger partial charge is 0.467 e. The number of carbonyl (C=O) groups excluding carboxylic acids is 2. The first-order chi connectivity index (χ1) is 11.1. The SMILES string of the molecule is O=C(CNC(=O)NCCc1ccccc1Br)NCc1ccco1. The van der Waals surface area contributed by atoms with Gasteiger partial charge in [0, 0.05) is 11.0 Å². The Bertz CT molecular complexity index is 644. The van der Waals surface area contributed by atoms with Gasteiger partial charge in [0.25, 0.3) is 0 Å². The molecule has 1 aromatic carbocycles. The third kappa shape index (κ3) is 6.15. The highest BCUT2D eigenvalue weighted by Crippen LogP contribution is 2.15. The van der Waals surface area contributed by atoms with E-state index in [1.54, 1.807) is 12.1 Å². The Hall–Kier alpha value is -2.28. The number of benzene rings is 1. The number of urea groups is 1. The monoisotopic (exact) mass is 379 g/mol. The van der Waals surface area contributed by atoms with Crippen LogP contribution >= 0.6 is 15.9 Å². The van der Waals surface area contributed by atoms with Crippen molar-refractivity contribution in [1.82, 2.24) is 16.0 Å². The zero-order valence-electron chi connectivity index (χ0n) is 12.5. The topological polar surface area (TPSA) is 83.4 Å². The molecule has 122 valence electrons. The molecule has 0 unspecified atom stereocenters. The quantitative estimate of drug-likeness (QED) is 0.689. The average Bonchev–Trinajstić information content (AvgIpc) is 3.06. The number of hydrogen-bond donors (Lipinski definition) is 3. The van der Waals surface area contributed by atoms with Gasteiger partial charge < -0.3 is 20.4 Å². The van der Waals surface area contributed by atoms with E-state index < -0.39 is 0 Å². The van der Waals surface area contributed by atoms with Gasteiger partial charge in [-0.15, -0.1) is 0 Å². The van der Waals surface area contributed by atoms with Crippen LogP contribution in [0.3, 0.4) is 0 Å². The smallest absolute Gasteiger partial charge is 0.315 e. The molecule has 2 rings (SSSR count). The van der Waals surface area contributed by atoms with E-state index in [1.807, 2.05) is 24.3 Å². The Morgan fingerprint density at radius 2 is 1.87 bits per heavy atom. The summed E-state index contributed by atoms with van der Waals surface area (Å²) >= 11 is 3.46. The standard InChI is InChI=1S/C16H18BrN3O3/c17-14-6-2-1-4-12(14)7-8-18-16(22)20-11-15(21)19-10-13-5-3-9-23-13/h1-6,9H,7-8,10-11H2,(H,19,21)(H2,18,20,22). The zero-order chi connectivity index (χ0) is 16.5. The van der Waals surface area contributed by atoms with Gasteiger partial charge in [-0.3, -0.25) is 4.79 Å². The molecule has 7 heteroatoms. The lowest BCUT2D eigenvalue weighted by molar-refractivity contribution is -0.120. The van der Waals surface area contributed by atoms with Crippen molar-refractivity contribution in [1.29, 1.82) is 0 Å². The first kappa shape index (κ1) is 17.1. The second-order valence-corrected chi connectivity index (χ2v) is 5.66. The minimum atomic E-state index is -0.370. The van der Waals surface area contributed by atoms with E-state index in [1.165, 1.54) is 6.26 Å². The number of halogens is 1. The van der Waals surface area contributed by atoms with Crippen LogP contribution in [-0.4, -0.2) is 25.0 Å². The maximum atomic E-state index is 11.6. The molecule has 0 saturated heterocycles. The number of carbonyl (C=O) groups is 2. The summed E-state index contributed by atoms with van der Waals surface area (Å²) in [5.74, 6) is 0.388. The molecule has 1 heterocycles. The fourth-order valence-corrected chi connectivity index (χ4v) is 2.38. The third-order valence-electron chi connectivity index (χ3n) is 3.09. The van der Waals surface area contributed by atoms with Crippen LogP contribution in [-0.2, 0) is 17.8 Å². The van der Waals surface area contributed by atoms with E-state index >= 15 is 0 Å². The van der Waals surface area contributed by atoms with E-state index in [0.29, 0.717) is 25.3 Å². The summed E-state index contributed by atoms with van der Waals surface area (Å²) in [5, 5.41) is 7.87. The number of rotatable bonds is 7. The second kappa shape index (κ2) is 8.99. The van der Waals surface area contributed by atoms with Crippen LogP contribution in [0.1, 0.15) is 11.3 Å². The van der Waals surface area contributed by atoms with Gasteiger partial charge in [-0.2, -0.15) is 0 Å². The lowest BCUT2D eigenvalue weighted by Crippen LogP contribution is -2.42. The molecular formula is C16H18BrN3O3. The summed E-state index contributed by atoms with van der Waals surface area (Å²) in [7, 11) is 0. The molecule has 1 aromatic heterocycles. The average molecular weight is 380 g/mol. The third-order valence-corrected chi connectivity index (χ3v) is 3.86. The summed E-state index contributed by atoms with van der Waals surface area (Å²) in [6.07, 6.45) is 2.25. The molecule has 2 aromatic rings. The van der Waals surface area contributed by atoms with E-state index in [4.69, 9.17) is 4.42 Å². The first-order valence-corrected chi connectivity index (χ1v) is 7.98. The number of nitrogens with one attached hydrogen (secondary N) is 3. The van der Waals surface area contributed by atoms with Crippen LogP contribution < -0.4 is 16.0 Å². The van der Waals surface area contributed by atoms with Crippen molar-refractivity contribution in [3.8, 4) is 0 Å². The van der Waals surface area contributed by atoms with E-state index in [0.717, 1.165) is 10.0 Å². The van der Waals surface area contributed by atoms with Gasteiger partial charge in [0.05, 0.1) is 19.4 Å². The fourth-order valence-electron chi connectivity index (χ4n) is 1.90. The number of amides is 3. The molecule has 0 atom stereocenters. The zero-order valence-corrected chi connectivity index (χ0v) is 14.1. The lowest BCUT2D eigenvalue weighted by atomic mass is 10.1. The Balaban J connectivity index is 1.59. The molecule has 0 aliphatic carbocycles. The molecule has 3 amide bonds. The van der Waals surface area contributed by atoms with Crippen LogP contribution in [0, 0.1) is 0 Å². The first-order valence-electron chi connectivity index (χ1n) is 7.19. The predicted octanol–water partition coefficient (Wildman–Crippen LogP) is 2.20. The predicted molar refractivity (Wildman–Crippen MR) is 89.8 cm³/mol. The summed E-state index contributed by atoms with van der Waals surface area (Å²) in [6.45, 7) is 0.710. The molecule has 0 aliphatic rings. The van der Waals surface area contributed by atoms with Crippen LogP contribution in [0.5, 0.6) is 0 Å². The van der Waals surface area contributed by atoms with Crippen LogP contribution in [0.2, 0.25) is 0 Å². The molecule has 23 heavy (non-hydrogen) atoms. The molecule has 0 fully saturated rings. The summed E-state index contributed by atoms with van der Waals surface area (Å²) in [4.78, 5) is 23.2. The lowest BCUT2D eigenvalue weighted by Gasteiger charge is -2.08. The number of hydrogen-bond acceptors (Lipinski definition) is 3. The van der Waals surface area contributed by atoms with Crippen molar-refractivity contribution >= 4 is 27.9 Å².